The van der Waals surface area contributed by atoms with Gasteiger partial charge in [-0.2, -0.15) is 0 Å². The molecule has 2 aromatic carbocycles. The van der Waals surface area contributed by atoms with E-state index >= 15 is 0 Å². The van der Waals surface area contributed by atoms with Crippen LogP contribution in [0.5, 0.6) is 0 Å². The molecule has 1 aromatic heterocycles. The van der Waals surface area contributed by atoms with E-state index in [1.165, 1.54) is 0 Å². The first-order valence-electron chi connectivity index (χ1n) is 5.82. The first-order valence-corrected chi connectivity index (χ1v) is 5.82. The second kappa shape index (κ2) is 4.14. The van der Waals surface area contributed by atoms with Crippen LogP contribution in [0.15, 0.2) is 36.7 Å². The molecule has 0 unspecified atom stereocenters. The number of aromatic amines is 1. The zero-order valence-corrected chi connectivity index (χ0v) is 9.93. The molecule has 4 heteroatoms. The number of ether oxygens (including phenoxy) is 1. The van der Waals surface area contributed by atoms with Gasteiger partial charge in [0, 0.05) is 0 Å². The van der Waals surface area contributed by atoms with Crippen molar-refractivity contribution in [1.29, 1.82) is 0 Å². The Kier molecular flexibility index (Phi) is 2.48. The second-order valence-electron chi connectivity index (χ2n) is 4.05. The number of carbonyl (C=O) groups excluding carboxylic acids is 1. The molecule has 0 spiro atoms. The van der Waals surface area contributed by atoms with Gasteiger partial charge in [-0.1, -0.05) is 6.07 Å². The third kappa shape index (κ3) is 1.72. The van der Waals surface area contributed by atoms with Crippen molar-refractivity contribution in [1.82, 2.24) is 9.97 Å². The second-order valence-corrected chi connectivity index (χ2v) is 4.05. The van der Waals surface area contributed by atoms with E-state index in [4.69, 9.17) is 4.74 Å². The maximum atomic E-state index is 11.7. The van der Waals surface area contributed by atoms with E-state index in [0.29, 0.717) is 12.2 Å². The number of hydrogen-bond acceptors (Lipinski definition) is 3. The molecule has 0 fully saturated rings. The lowest BCUT2D eigenvalue weighted by Crippen LogP contribution is -2.04. The fourth-order valence-electron chi connectivity index (χ4n) is 2.02. The normalized spacial score (nSPS) is 10.9. The Morgan fingerprint density at radius 2 is 2.17 bits per heavy atom. The van der Waals surface area contributed by atoms with Crippen LogP contribution < -0.4 is 0 Å². The predicted octanol–water partition coefficient (Wildman–Crippen LogP) is 2.89. The monoisotopic (exact) mass is 240 g/mol. The number of nitrogens with zero attached hydrogens (tertiary/aromatic N) is 1. The van der Waals surface area contributed by atoms with Crippen LogP contribution in [-0.2, 0) is 4.74 Å². The standard InChI is InChI=1S/C14H12N2O2/c1-2-18-14(17)10-4-3-9-6-12-13(16-8-15-12)7-11(9)5-10/h3-8H,2H2,1H3,(H,15,16). The summed E-state index contributed by atoms with van der Waals surface area (Å²) in [5, 5.41) is 2.06. The van der Waals surface area contributed by atoms with Crippen molar-refractivity contribution in [2.24, 2.45) is 0 Å². The molecule has 0 saturated heterocycles. The summed E-state index contributed by atoms with van der Waals surface area (Å²) in [6.45, 7) is 2.18. The number of hydrogen-bond donors (Lipinski definition) is 1. The topological polar surface area (TPSA) is 55.0 Å². The summed E-state index contributed by atoms with van der Waals surface area (Å²) in [4.78, 5) is 18.9. The van der Waals surface area contributed by atoms with Crippen molar-refractivity contribution in [2.45, 2.75) is 6.92 Å². The number of esters is 1. The lowest BCUT2D eigenvalue weighted by molar-refractivity contribution is 0.0526. The largest absolute Gasteiger partial charge is 0.462 e. The number of benzene rings is 2. The van der Waals surface area contributed by atoms with Crippen LogP contribution in [0.25, 0.3) is 21.8 Å². The summed E-state index contributed by atoms with van der Waals surface area (Å²) in [5.41, 5.74) is 2.46. The SMILES string of the molecule is CCOC(=O)c1ccc2cc3nc[nH]c3cc2c1. The molecule has 0 aliphatic carbocycles. The number of H-pyrrole nitrogens is 1. The fraction of sp³-hybridized carbons (Fsp3) is 0.143. The van der Waals surface area contributed by atoms with Gasteiger partial charge in [-0.05, 0) is 42.0 Å². The van der Waals surface area contributed by atoms with Crippen LogP contribution >= 0.6 is 0 Å². The van der Waals surface area contributed by atoms with E-state index in [1.807, 2.05) is 24.3 Å². The number of fused-ring (bicyclic) bond motifs is 2. The Morgan fingerprint density at radius 3 is 3.00 bits per heavy atom. The predicted molar refractivity (Wildman–Crippen MR) is 69.6 cm³/mol. The highest BCUT2D eigenvalue weighted by Gasteiger charge is 2.07. The highest BCUT2D eigenvalue weighted by atomic mass is 16.5. The first-order chi connectivity index (χ1) is 8.78. The molecule has 0 atom stereocenters. The zero-order valence-electron chi connectivity index (χ0n) is 9.93. The summed E-state index contributed by atoms with van der Waals surface area (Å²) < 4.78 is 4.99. The van der Waals surface area contributed by atoms with Gasteiger partial charge in [-0.3, -0.25) is 0 Å². The molecule has 3 rings (SSSR count). The van der Waals surface area contributed by atoms with Crippen molar-refractivity contribution < 1.29 is 9.53 Å². The van der Waals surface area contributed by atoms with Gasteiger partial charge < -0.3 is 9.72 Å². The fourth-order valence-corrected chi connectivity index (χ4v) is 2.02. The molecular formula is C14H12N2O2. The highest BCUT2D eigenvalue weighted by Crippen LogP contribution is 2.21. The lowest BCUT2D eigenvalue weighted by Gasteiger charge is -2.03. The van der Waals surface area contributed by atoms with E-state index in [0.717, 1.165) is 21.8 Å². The van der Waals surface area contributed by atoms with Crippen molar-refractivity contribution in [3.05, 3.63) is 42.2 Å². The molecule has 3 aromatic rings. The van der Waals surface area contributed by atoms with Crippen molar-refractivity contribution in [3.8, 4) is 0 Å². The van der Waals surface area contributed by atoms with Crippen LogP contribution in [0, 0.1) is 0 Å². The van der Waals surface area contributed by atoms with Gasteiger partial charge in [0.05, 0.1) is 29.5 Å². The molecule has 4 nitrogen and oxygen atoms in total. The maximum absolute atomic E-state index is 11.7. The van der Waals surface area contributed by atoms with Crippen molar-refractivity contribution >= 4 is 27.8 Å². The van der Waals surface area contributed by atoms with Gasteiger partial charge in [-0.15, -0.1) is 0 Å². The number of carbonyl (C=O) groups is 1. The smallest absolute Gasteiger partial charge is 0.338 e. The van der Waals surface area contributed by atoms with E-state index in [9.17, 15) is 4.79 Å². The van der Waals surface area contributed by atoms with Crippen molar-refractivity contribution in [3.63, 3.8) is 0 Å². The number of rotatable bonds is 2. The quantitative estimate of drug-likeness (QED) is 0.701. The Hall–Kier alpha value is -2.36. The highest BCUT2D eigenvalue weighted by molar-refractivity contribution is 5.99. The number of aromatic nitrogens is 2. The third-order valence-electron chi connectivity index (χ3n) is 2.89. The van der Waals surface area contributed by atoms with Gasteiger partial charge >= 0.3 is 5.97 Å². The van der Waals surface area contributed by atoms with Gasteiger partial charge in [0.1, 0.15) is 0 Å². The van der Waals surface area contributed by atoms with E-state index in [1.54, 1.807) is 19.3 Å². The molecular weight excluding hydrogens is 228 g/mol. The summed E-state index contributed by atoms with van der Waals surface area (Å²) in [5.74, 6) is -0.288. The molecule has 0 saturated carbocycles. The maximum Gasteiger partial charge on any atom is 0.338 e. The molecule has 0 bridgehead atoms. The summed E-state index contributed by atoms with van der Waals surface area (Å²) in [6, 6.07) is 9.51. The third-order valence-corrected chi connectivity index (χ3v) is 2.89. The average molecular weight is 240 g/mol. The van der Waals surface area contributed by atoms with Crippen LogP contribution in [-0.4, -0.2) is 22.5 Å². The molecule has 0 aliphatic heterocycles. The minimum absolute atomic E-state index is 0.288. The average Bonchev–Trinajstić information content (AvgIpc) is 2.82. The minimum Gasteiger partial charge on any atom is -0.462 e. The van der Waals surface area contributed by atoms with Crippen LogP contribution in [0.3, 0.4) is 0 Å². The molecule has 1 heterocycles. The van der Waals surface area contributed by atoms with Crippen LogP contribution in [0.1, 0.15) is 17.3 Å². The molecule has 1 N–H and O–H groups in total. The minimum atomic E-state index is -0.288. The molecule has 90 valence electrons. The summed E-state index contributed by atoms with van der Waals surface area (Å²) in [7, 11) is 0. The van der Waals surface area contributed by atoms with E-state index in [2.05, 4.69) is 9.97 Å². The van der Waals surface area contributed by atoms with E-state index in [-0.39, 0.29) is 5.97 Å². The Bertz CT molecular complexity index is 731. The van der Waals surface area contributed by atoms with Crippen LogP contribution in [0.4, 0.5) is 0 Å². The van der Waals surface area contributed by atoms with Gasteiger partial charge in [0.2, 0.25) is 0 Å². The first kappa shape index (κ1) is 10.8. The number of nitrogens with one attached hydrogen (secondary N) is 1. The Morgan fingerprint density at radius 1 is 1.28 bits per heavy atom. The van der Waals surface area contributed by atoms with Gasteiger partial charge in [0.15, 0.2) is 0 Å². The van der Waals surface area contributed by atoms with Crippen molar-refractivity contribution in [2.75, 3.05) is 6.61 Å². The lowest BCUT2D eigenvalue weighted by atomic mass is 10.1. The Balaban J connectivity index is 2.15. The molecule has 18 heavy (non-hydrogen) atoms. The summed E-state index contributed by atoms with van der Waals surface area (Å²) >= 11 is 0. The number of imidazole rings is 1. The summed E-state index contributed by atoms with van der Waals surface area (Å²) in [6.07, 6.45) is 1.66. The molecule has 0 amide bonds. The van der Waals surface area contributed by atoms with Crippen LogP contribution in [0.2, 0.25) is 0 Å². The molecule has 0 aliphatic rings. The van der Waals surface area contributed by atoms with Gasteiger partial charge in [-0.25, -0.2) is 9.78 Å². The zero-order chi connectivity index (χ0) is 12.5. The Labute approximate surface area is 104 Å². The van der Waals surface area contributed by atoms with Gasteiger partial charge in [0.25, 0.3) is 0 Å². The molecule has 0 radical (unpaired) electrons. The van der Waals surface area contributed by atoms with E-state index < -0.39 is 0 Å².